The molecule has 0 aromatic rings. The molecular formula is C10H15N3O3. The largest absolute Gasteiger partial charge is 0.468 e. The van der Waals surface area contributed by atoms with Gasteiger partial charge in [-0.05, 0) is 6.42 Å². The van der Waals surface area contributed by atoms with Crippen LogP contribution >= 0.6 is 0 Å². The number of esters is 1. The fraction of sp³-hybridized carbons (Fsp3) is 0.500. The molecule has 0 heterocycles. The third kappa shape index (κ3) is 5.65. The molecule has 0 aliphatic carbocycles. The maximum absolute atomic E-state index is 11.3. The number of ether oxygens (including phenoxy) is 1. The van der Waals surface area contributed by atoms with Crippen LogP contribution in [0.4, 0.5) is 0 Å². The van der Waals surface area contributed by atoms with Crippen LogP contribution in [0.3, 0.4) is 0 Å². The van der Waals surface area contributed by atoms with Crippen LogP contribution in [-0.4, -0.2) is 32.1 Å². The lowest BCUT2D eigenvalue weighted by molar-refractivity contribution is -0.139. The summed E-state index contributed by atoms with van der Waals surface area (Å²) in [5.41, 5.74) is -0.0719. The number of hydrogen-bond donors (Lipinski definition) is 2. The minimum atomic E-state index is -0.470. The standard InChI is InChI=1S/C10H15N3O3/c1-3-4-13-10(15)8(5-11)6-12-7-9(14)16-2/h6,12H,3-4,7H2,1-2H3,(H,13,15)/b8-6-. The predicted octanol–water partition coefficient (Wildman–Crippen LogP) is -0.317. The molecule has 88 valence electrons. The number of hydrogen-bond acceptors (Lipinski definition) is 5. The molecular weight excluding hydrogens is 210 g/mol. The van der Waals surface area contributed by atoms with Crippen LogP contribution in [0, 0.1) is 11.3 Å². The average Bonchev–Trinajstić information content (AvgIpc) is 2.31. The van der Waals surface area contributed by atoms with Crippen LogP contribution in [0.1, 0.15) is 13.3 Å². The molecule has 6 nitrogen and oxygen atoms in total. The van der Waals surface area contributed by atoms with Gasteiger partial charge in [-0.1, -0.05) is 6.92 Å². The van der Waals surface area contributed by atoms with Crippen molar-refractivity contribution < 1.29 is 14.3 Å². The lowest BCUT2D eigenvalue weighted by Gasteiger charge is -2.02. The van der Waals surface area contributed by atoms with E-state index in [9.17, 15) is 9.59 Å². The van der Waals surface area contributed by atoms with Gasteiger partial charge < -0.3 is 15.4 Å². The summed E-state index contributed by atoms with van der Waals surface area (Å²) >= 11 is 0. The lowest BCUT2D eigenvalue weighted by atomic mass is 10.3. The second kappa shape index (κ2) is 8.29. The molecule has 0 unspecified atom stereocenters. The van der Waals surface area contributed by atoms with Gasteiger partial charge in [-0.3, -0.25) is 9.59 Å². The molecule has 0 aromatic carbocycles. The summed E-state index contributed by atoms with van der Waals surface area (Å²) < 4.78 is 4.38. The zero-order valence-electron chi connectivity index (χ0n) is 9.37. The van der Waals surface area contributed by atoms with Crippen molar-refractivity contribution >= 4 is 11.9 Å². The molecule has 0 aromatic heterocycles. The Balaban J connectivity index is 4.17. The fourth-order valence-corrected chi connectivity index (χ4v) is 0.791. The van der Waals surface area contributed by atoms with Crippen molar-refractivity contribution in [3.63, 3.8) is 0 Å². The molecule has 0 spiro atoms. The predicted molar refractivity (Wildman–Crippen MR) is 57.0 cm³/mol. The Kier molecular flexibility index (Phi) is 7.24. The van der Waals surface area contributed by atoms with Crippen molar-refractivity contribution in [2.24, 2.45) is 0 Å². The van der Waals surface area contributed by atoms with Crippen molar-refractivity contribution in [2.45, 2.75) is 13.3 Å². The molecule has 1 amide bonds. The van der Waals surface area contributed by atoms with Gasteiger partial charge in [0, 0.05) is 12.7 Å². The Morgan fingerprint density at radius 2 is 2.19 bits per heavy atom. The maximum atomic E-state index is 11.3. The molecule has 0 atom stereocenters. The first-order valence-corrected chi connectivity index (χ1v) is 4.84. The van der Waals surface area contributed by atoms with E-state index < -0.39 is 11.9 Å². The molecule has 0 aliphatic heterocycles. The summed E-state index contributed by atoms with van der Waals surface area (Å²) in [4.78, 5) is 22.0. The maximum Gasteiger partial charge on any atom is 0.325 e. The summed E-state index contributed by atoms with van der Waals surface area (Å²) in [5, 5.41) is 13.8. The van der Waals surface area contributed by atoms with Crippen LogP contribution in [0.25, 0.3) is 0 Å². The van der Waals surface area contributed by atoms with Gasteiger partial charge in [0.2, 0.25) is 0 Å². The molecule has 6 heteroatoms. The molecule has 2 N–H and O–H groups in total. The second-order valence-corrected chi connectivity index (χ2v) is 2.88. The van der Waals surface area contributed by atoms with Crippen molar-refractivity contribution in [3.05, 3.63) is 11.8 Å². The topological polar surface area (TPSA) is 91.2 Å². The molecule has 0 fully saturated rings. The first-order chi connectivity index (χ1) is 7.65. The van der Waals surface area contributed by atoms with E-state index in [-0.39, 0.29) is 12.1 Å². The highest BCUT2D eigenvalue weighted by atomic mass is 16.5. The Morgan fingerprint density at radius 1 is 1.50 bits per heavy atom. The molecule has 16 heavy (non-hydrogen) atoms. The summed E-state index contributed by atoms with van der Waals surface area (Å²) in [7, 11) is 1.26. The summed E-state index contributed by atoms with van der Waals surface area (Å²) in [6, 6.07) is 1.74. The van der Waals surface area contributed by atoms with Gasteiger partial charge in [0.05, 0.1) is 7.11 Å². The van der Waals surface area contributed by atoms with E-state index in [2.05, 4.69) is 15.4 Å². The number of amides is 1. The van der Waals surface area contributed by atoms with Gasteiger partial charge in [0.1, 0.15) is 18.2 Å². The summed E-state index contributed by atoms with van der Waals surface area (Å²) in [6.45, 7) is 2.34. The van der Waals surface area contributed by atoms with Crippen LogP contribution in [-0.2, 0) is 14.3 Å². The quantitative estimate of drug-likeness (QED) is 0.367. The normalized spacial score (nSPS) is 10.2. The minimum Gasteiger partial charge on any atom is -0.468 e. The van der Waals surface area contributed by atoms with E-state index in [0.29, 0.717) is 6.54 Å². The summed E-state index contributed by atoms with van der Waals surface area (Å²) in [6.07, 6.45) is 1.99. The molecule has 0 aliphatic rings. The highest BCUT2D eigenvalue weighted by molar-refractivity contribution is 5.97. The van der Waals surface area contributed by atoms with Gasteiger partial charge in [-0.25, -0.2) is 0 Å². The number of nitriles is 1. The molecule has 0 radical (unpaired) electrons. The Hall–Kier alpha value is -2.03. The van der Waals surface area contributed by atoms with Gasteiger partial charge in [-0.2, -0.15) is 5.26 Å². The van der Waals surface area contributed by atoms with E-state index in [1.165, 1.54) is 13.3 Å². The smallest absolute Gasteiger partial charge is 0.325 e. The zero-order chi connectivity index (χ0) is 12.4. The van der Waals surface area contributed by atoms with Crippen LogP contribution in [0.5, 0.6) is 0 Å². The van der Waals surface area contributed by atoms with Crippen molar-refractivity contribution in [2.75, 3.05) is 20.2 Å². The van der Waals surface area contributed by atoms with Crippen molar-refractivity contribution in [3.8, 4) is 6.07 Å². The number of carbonyl (C=O) groups excluding carboxylic acids is 2. The third-order valence-corrected chi connectivity index (χ3v) is 1.62. The Morgan fingerprint density at radius 3 is 2.69 bits per heavy atom. The SMILES string of the molecule is CCCNC(=O)/C(C#N)=C\NCC(=O)OC. The lowest BCUT2D eigenvalue weighted by Crippen LogP contribution is -2.27. The third-order valence-electron chi connectivity index (χ3n) is 1.62. The first kappa shape index (κ1) is 14.0. The second-order valence-electron chi connectivity index (χ2n) is 2.88. The number of carbonyl (C=O) groups is 2. The number of nitrogens with zero attached hydrogens (tertiary/aromatic N) is 1. The van der Waals surface area contributed by atoms with E-state index in [4.69, 9.17) is 5.26 Å². The van der Waals surface area contributed by atoms with Crippen molar-refractivity contribution in [1.29, 1.82) is 5.26 Å². The monoisotopic (exact) mass is 225 g/mol. The highest BCUT2D eigenvalue weighted by Crippen LogP contribution is 1.90. The minimum absolute atomic E-state index is 0.0719. The molecule has 0 saturated carbocycles. The Bertz CT molecular complexity index is 318. The van der Waals surface area contributed by atoms with E-state index in [1.54, 1.807) is 6.07 Å². The summed E-state index contributed by atoms with van der Waals surface area (Å²) in [5.74, 6) is -0.927. The molecule has 0 saturated heterocycles. The number of rotatable bonds is 6. The average molecular weight is 225 g/mol. The zero-order valence-corrected chi connectivity index (χ0v) is 9.37. The van der Waals surface area contributed by atoms with E-state index >= 15 is 0 Å². The first-order valence-electron chi connectivity index (χ1n) is 4.84. The van der Waals surface area contributed by atoms with Crippen LogP contribution in [0.15, 0.2) is 11.8 Å². The van der Waals surface area contributed by atoms with Gasteiger partial charge >= 0.3 is 5.97 Å². The molecule has 0 bridgehead atoms. The fourth-order valence-electron chi connectivity index (χ4n) is 0.791. The van der Waals surface area contributed by atoms with Gasteiger partial charge in [0.15, 0.2) is 0 Å². The molecule has 0 rings (SSSR count). The number of nitrogens with one attached hydrogen (secondary N) is 2. The van der Waals surface area contributed by atoms with Crippen molar-refractivity contribution in [1.82, 2.24) is 10.6 Å². The van der Waals surface area contributed by atoms with E-state index in [0.717, 1.165) is 6.42 Å². The Labute approximate surface area is 94.3 Å². The van der Waals surface area contributed by atoms with E-state index in [1.807, 2.05) is 6.92 Å². The number of methoxy groups -OCH3 is 1. The van der Waals surface area contributed by atoms with Crippen LogP contribution in [0.2, 0.25) is 0 Å². The van der Waals surface area contributed by atoms with Gasteiger partial charge in [-0.15, -0.1) is 0 Å². The van der Waals surface area contributed by atoms with Crippen LogP contribution < -0.4 is 10.6 Å². The van der Waals surface area contributed by atoms with Gasteiger partial charge in [0.25, 0.3) is 5.91 Å². The highest BCUT2D eigenvalue weighted by Gasteiger charge is 2.07.